The number of thioether (sulfide) groups is 1. The summed E-state index contributed by atoms with van der Waals surface area (Å²) in [6.07, 6.45) is 2.02. The highest BCUT2D eigenvalue weighted by Gasteiger charge is 2.23. The van der Waals surface area contributed by atoms with Crippen LogP contribution in [0.15, 0.2) is 71.6 Å². The molecule has 3 aromatic carbocycles. The van der Waals surface area contributed by atoms with Crippen molar-refractivity contribution in [2.24, 2.45) is 0 Å². The van der Waals surface area contributed by atoms with Crippen LogP contribution in [-0.2, 0) is 6.54 Å². The Hall–Kier alpha value is -2.34. The molecule has 0 atom stereocenters. The molecule has 0 radical (unpaired) electrons. The van der Waals surface area contributed by atoms with E-state index in [0.717, 1.165) is 26.2 Å². The number of thiazole rings is 1. The van der Waals surface area contributed by atoms with E-state index >= 15 is 0 Å². The fourth-order valence-electron chi connectivity index (χ4n) is 3.09. The van der Waals surface area contributed by atoms with Crippen molar-refractivity contribution in [3.8, 4) is 0 Å². The molecule has 4 rings (SSSR count). The number of carbonyl (C=O) groups excluding carboxylic acids is 1. The molecule has 146 valence electrons. The molecule has 0 unspecified atom stereocenters. The van der Waals surface area contributed by atoms with Gasteiger partial charge in [-0.15, -0.1) is 11.8 Å². The summed E-state index contributed by atoms with van der Waals surface area (Å²) in [6, 6.07) is 21.5. The molecule has 0 fully saturated rings. The van der Waals surface area contributed by atoms with Crippen LogP contribution in [0.3, 0.4) is 0 Å². The van der Waals surface area contributed by atoms with Gasteiger partial charge in [-0.3, -0.25) is 9.69 Å². The molecule has 0 saturated carbocycles. The molecular weight excluding hydrogens is 420 g/mol. The summed E-state index contributed by atoms with van der Waals surface area (Å²) in [5, 5.41) is 1.31. The third-order valence-electron chi connectivity index (χ3n) is 4.68. The highest BCUT2D eigenvalue weighted by Crippen LogP contribution is 2.36. The number of hydrogen-bond acceptors (Lipinski definition) is 4. The summed E-state index contributed by atoms with van der Waals surface area (Å²) < 4.78 is 0.908. The number of aryl methyl sites for hydroxylation is 1. The van der Waals surface area contributed by atoms with Crippen molar-refractivity contribution < 1.29 is 4.79 Å². The highest BCUT2D eigenvalue weighted by atomic mass is 35.5. The number of rotatable bonds is 5. The predicted octanol–water partition coefficient (Wildman–Crippen LogP) is 6.83. The van der Waals surface area contributed by atoms with Crippen LogP contribution >= 0.6 is 34.7 Å². The van der Waals surface area contributed by atoms with Gasteiger partial charge in [-0.2, -0.15) is 0 Å². The van der Waals surface area contributed by atoms with Gasteiger partial charge in [0.25, 0.3) is 5.91 Å². The molecule has 1 heterocycles. The first-order valence-electron chi connectivity index (χ1n) is 9.12. The van der Waals surface area contributed by atoms with Gasteiger partial charge < -0.3 is 0 Å². The van der Waals surface area contributed by atoms with Gasteiger partial charge in [-0.25, -0.2) is 4.98 Å². The number of halogens is 1. The van der Waals surface area contributed by atoms with Crippen LogP contribution in [0.5, 0.6) is 0 Å². The van der Waals surface area contributed by atoms with E-state index in [1.165, 1.54) is 11.3 Å². The van der Waals surface area contributed by atoms with Crippen LogP contribution in [-0.4, -0.2) is 17.1 Å². The maximum Gasteiger partial charge on any atom is 0.260 e. The second-order valence-corrected chi connectivity index (χ2v) is 8.91. The van der Waals surface area contributed by atoms with Crippen molar-refractivity contribution >= 4 is 56.0 Å². The molecule has 0 aliphatic rings. The standard InChI is InChI=1S/C23H19ClN2OS2/c1-15-8-13-19(24)21-20(15)25-23(29-21)26(14-16-6-4-3-5-7-16)22(27)17-9-11-18(28-2)12-10-17/h3-13H,14H2,1-2H3. The first-order valence-corrected chi connectivity index (χ1v) is 11.5. The highest BCUT2D eigenvalue weighted by molar-refractivity contribution is 7.98. The zero-order chi connectivity index (χ0) is 20.4. The van der Waals surface area contributed by atoms with Crippen LogP contribution in [0.25, 0.3) is 10.2 Å². The number of aromatic nitrogens is 1. The van der Waals surface area contributed by atoms with Crippen molar-refractivity contribution in [3.05, 3.63) is 88.4 Å². The Morgan fingerprint density at radius 1 is 1.07 bits per heavy atom. The monoisotopic (exact) mass is 438 g/mol. The summed E-state index contributed by atoms with van der Waals surface area (Å²) in [4.78, 5) is 21.1. The quantitative estimate of drug-likeness (QED) is 0.320. The van der Waals surface area contributed by atoms with Crippen LogP contribution in [0.2, 0.25) is 5.02 Å². The molecule has 0 aliphatic carbocycles. The Bertz CT molecular complexity index is 1120. The van der Waals surface area contributed by atoms with Crippen molar-refractivity contribution in [2.75, 3.05) is 11.2 Å². The number of carbonyl (C=O) groups is 1. The van der Waals surface area contributed by atoms with Gasteiger partial charge in [0.1, 0.15) is 0 Å². The molecule has 3 nitrogen and oxygen atoms in total. The Balaban J connectivity index is 1.78. The molecule has 29 heavy (non-hydrogen) atoms. The van der Waals surface area contributed by atoms with E-state index in [0.29, 0.717) is 22.3 Å². The van der Waals surface area contributed by atoms with Crippen LogP contribution in [0.1, 0.15) is 21.5 Å². The maximum atomic E-state index is 13.4. The molecule has 0 saturated heterocycles. The van der Waals surface area contributed by atoms with E-state index in [1.54, 1.807) is 16.7 Å². The lowest BCUT2D eigenvalue weighted by molar-refractivity contribution is 0.0985. The molecular formula is C23H19ClN2OS2. The van der Waals surface area contributed by atoms with Crippen LogP contribution in [0.4, 0.5) is 5.13 Å². The minimum Gasteiger partial charge on any atom is -0.279 e. The molecule has 0 spiro atoms. The molecule has 4 aromatic rings. The largest absolute Gasteiger partial charge is 0.279 e. The lowest BCUT2D eigenvalue weighted by Gasteiger charge is -2.20. The van der Waals surface area contributed by atoms with Gasteiger partial charge in [0.2, 0.25) is 0 Å². The maximum absolute atomic E-state index is 13.4. The summed E-state index contributed by atoms with van der Waals surface area (Å²) in [5.74, 6) is -0.0747. The molecule has 0 bridgehead atoms. The summed E-state index contributed by atoms with van der Waals surface area (Å²) in [6.45, 7) is 2.45. The first-order chi connectivity index (χ1) is 14.1. The summed E-state index contributed by atoms with van der Waals surface area (Å²) in [7, 11) is 0. The molecule has 6 heteroatoms. The fraction of sp³-hybridized carbons (Fsp3) is 0.130. The van der Waals surface area contributed by atoms with Crippen molar-refractivity contribution in [1.82, 2.24) is 4.98 Å². The molecule has 1 amide bonds. The predicted molar refractivity (Wildman–Crippen MR) is 125 cm³/mol. The third kappa shape index (κ3) is 4.17. The van der Waals surface area contributed by atoms with Gasteiger partial charge in [0, 0.05) is 10.5 Å². The number of amides is 1. The van der Waals surface area contributed by atoms with Crippen molar-refractivity contribution in [2.45, 2.75) is 18.4 Å². The molecule has 0 aliphatic heterocycles. The second-order valence-electron chi connectivity index (χ2n) is 6.64. The molecule has 0 N–H and O–H groups in total. The van der Waals surface area contributed by atoms with E-state index in [2.05, 4.69) is 0 Å². The van der Waals surface area contributed by atoms with E-state index in [-0.39, 0.29) is 5.91 Å². The van der Waals surface area contributed by atoms with Crippen molar-refractivity contribution in [3.63, 3.8) is 0 Å². The fourth-order valence-corrected chi connectivity index (χ4v) is 4.81. The molecule has 1 aromatic heterocycles. The summed E-state index contributed by atoms with van der Waals surface area (Å²) in [5.41, 5.74) is 3.58. The third-order valence-corrected chi connectivity index (χ3v) is 6.96. The SMILES string of the molecule is CSc1ccc(C(=O)N(Cc2ccccc2)c2nc3c(C)ccc(Cl)c3s2)cc1. The average Bonchev–Trinajstić information content (AvgIpc) is 3.21. The van der Waals surface area contributed by atoms with Gasteiger partial charge in [0.05, 0.1) is 21.8 Å². The van der Waals surface area contributed by atoms with Crippen LogP contribution < -0.4 is 4.90 Å². The lowest BCUT2D eigenvalue weighted by atomic mass is 10.1. The van der Waals surface area contributed by atoms with Crippen molar-refractivity contribution in [1.29, 1.82) is 0 Å². The zero-order valence-corrected chi connectivity index (χ0v) is 18.4. The van der Waals surface area contributed by atoms with E-state index in [4.69, 9.17) is 16.6 Å². The van der Waals surface area contributed by atoms with E-state index in [9.17, 15) is 4.79 Å². The number of nitrogens with zero attached hydrogens (tertiary/aromatic N) is 2. The zero-order valence-electron chi connectivity index (χ0n) is 16.1. The number of anilines is 1. The Morgan fingerprint density at radius 2 is 1.79 bits per heavy atom. The normalized spacial score (nSPS) is 11.0. The summed E-state index contributed by atoms with van der Waals surface area (Å²) >= 11 is 9.51. The Labute approximate surface area is 183 Å². The number of fused-ring (bicyclic) bond motifs is 1. The number of hydrogen-bond donors (Lipinski definition) is 0. The van der Waals surface area contributed by atoms with E-state index < -0.39 is 0 Å². The minimum absolute atomic E-state index is 0.0747. The van der Waals surface area contributed by atoms with E-state index in [1.807, 2.05) is 79.9 Å². The second kappa shape index (κ2) is 8.57. The van der Waals surface area contributed by atoms with Gasteiger partial charge in [-0.05, 0) is 54.6 Å². The topological polar surface area (TPSA) is 33.2 Å². The first kappa shape index (κ1) is 20.0. The van der Waals surface area contributed by atoms with Gasteiger partial charge in [0.15, 0.2) is 5.13 Å². The Kier molecular flexibility index (Phi) is 5.90. The van der Waals surface area contributed by atoms with Gasteiger partial charge in [-0.1, -0.05) is 59.3 Å². The van der Waals surface area contributed by atoms with Crippen LogP contribution in [0, 0.1) is 6.92 Å². The average molecular weight is 439 g/mol. The lowest BCUT2D eigenvalue weighted by Crippen LogP contribution is -2.30. The smallest absolute Gasteiger partial charge is 0.260 e. The van der Waals surface area contributed by atoms with Gasteiger partial charge >= 0.3 is 0 Å². The number of benzene rings is 3. The minimum atomic E-state index is -0.0747. The Morgan fingerprint density at radius 3 is 2.45 bits per heavy atom.